The Morgan fingerprint density at radius 3 is 2.56 bits per heavy atom. The lowest BCUT2D eigenvalue weighted by atomic mass is 10.00. The van der Waals surface area contributed by atoms with Crippen molar-refractivity contribution in [2.45, 2.75) is 37.7 Å². The average Bonchev–Trinajstić information content (AvgIpc) is 3.19. The van der Waals surface area contributed by atoms with Gasteiger partial charge in [-0.15, -0.1) is 0 Å². The largest absolute Gasteiger partial charge is 0.407 e. The van der Waals surface area contributed by atoms with Gasteiger partial charge in [0.05, 0.1) is 30.9 Å². The van der Waals surface area contributed by atoms with Crippen molar-refractivity contribution in [1.29, 1.82) is 0 Å². The van der Waals surface area contributed by atoms with Crippen LogP contribution in [0.25, 0.3) is 4.85 Å². The summed E-state index contributed by atoms with van der Waals surface area (Å²) in [6.45, 7) is 5.04. The van der Waals surface area contributed by atoms with E-state index in [1.165, 1.54) is 4.31 Å². The Morgan fingerprint density at radius 1 is 1.26 bits per heavy atom. The molecule has 3 rings (SSSR count). The van der Waals surface area contributed by atoms with Gasteiger partial charge in [0.25, 0.3) is 0 Å². The minimum Gasteiger partial charge on any atom is -0.355 e. The zero-order valence-electron chi connectivity index (χ0n) is 17.7. The van der Waals surface area contributed by atoms with E-state index in [4.69, 9.17) is 11.1 Å². The number of rotatable bonds is 6. The third-order valence-corrected chi connectivity index (χ3v) is 6.43. The number of hydrogen-bond acceptors (Lipinski definition) is 6. The first-order valence-electron chi connectivity index (χ1n) is 9.85. The predicted molar refractivity (Wildman–Crippen MR) is 108 cm³/mol. The second-order valence-corrected chi connectivity index (χ2v) is 9.77. The highest BCUT2D eigenvalue weighted by Gasteiger charge is 2.36. The van der Waals surface area contributed by atoms with Gasteiger partial charge in [-0.05, 0) is 25.0 Å². The van der Waals surface area contributed by atoms with Gasteiger partial charge >= 0.3 is 12.4 Å². The van der Waals surface area contributed by atoms with Crippen LogP contribution in [0.5, 0.6) is 0 Å². The van der Waals surface area contributed by atoms with E-state index in [0.29, 0.717) is 30.4 Å². The summed E-state index contributed by atoms with van der Waals surface area (Å²) in [6.07, 6.45) is -7.61. The van der Waals surface area contributed by atoms with E-state index in [-0.39, 0.29) is 18.3 Å². The van der Waals surface area contributed by atoms with Crippen LogP contribution in [-0.4, -0.2) is 54.9 Å². The van der Waals surface area contributed by atoms with Gasteiger partial charge in [-0.2, -0.15) is 31.3 Å². The molecule has 0 aliphatic carbocycles. The molecule has 1 aliphatic rings. The molecule has 1 atom stereocenters. The Kier molecular flexibility index (Phi) is 7.13. The maximum atomic E-state index is 13.3. The third kappa shape index (κ3) is 6.38. The lowest BCUT2D eigenvalue weighted by molar-refractivity contribution is -0.136. The van der Waals surface area contributed by atoms with Crippen molar-refractivity contribution in [3.8, 4) is 0 Å². The van der Waals surface area contributed by atoms with Gasteiger partial charge in [0.2, 0.25) is 15.9 Å². The van der Waals surface area contributed by atoms with Gasteiger partial charge in [-0.25, -0.2) is 17.6 Å². The van der Waals surface area contributed by atoms with Crippen molar-refractivity contribution in [1.82, 2.24) is 14.4 Å². The Bertz CT molecular complexity index is 1170. The average molecular weight is 511 g/mol. The first kappa shape index (κ1) is 25.8. The van der Waals surface area contributed by atoms with Crippen molar-refractivity contribution in [2.24, 2.45) is 0 Å². The molecular weight excluding hydrogens is 492 g/mol. The van der Waals surface area contributed by atoms with Crippen LogP contribution >= 0.6 is 0 Å². The van der Waals surface area contributed by atoms with Gasteiger partial charge in [0.15, 0.2) is 11.5 Å². The molecule has 0 amide bonds. The molecule has 0 spiro atoms. The molecule has 2 heterocycles. The van der Waals surface area contributed by atoms with Crippen LogP contribution in [0.2, 0.25) is 0 Å². The molecule has 15 heteroatoms. The summed E-state index contributed by atoms with van der Waals surface area (Å²) >= 11 is 0. The lowest BCUT2D eigenvalue weighted by Gasteiger charge is -2.28. The number of aromatic nitrogens is 2. The topological polar surface area (TPSA) is 83.9 Å². The van der Waals surface area contributed by atoms with E-state index in [2.05, 4.69) is 15.0 Å². The quantitative estimate of drug-likeness (QED) is 0.424. The fourth-order valence-corrected chi connectivity index (χ4v) is 4.53. The molecular formula is C19H19F6N5O3S. The minimum absolute atomic E-state index is 0.0367. The van der Waals surface area contributed by atoms with Crippen molar-refractivity contribution < 1.29 is 39.3 Å². The predicted octanol–water partition coefficient (Wildman–Crippen LogP) is 4.35. The van der Waals surface area contributed by atoms with E-state index in [1.807, 2.05) is 0 Å². The number of halogens is 6. The van der Waals surface area contributed by atoms with E-state index >= 15 is 0 Å². The molecule has 0 saturated carbocycles. The minimum atomic E-state index is -4.94. The van der Waals surface area contributed by atoms with Gasteiger partial charge in [0, 0.05) is 18.8 Å². The number of benzene rings is 1. The maximum Gasteiger partial charge on any atom is 0.407 e. The van der Waals surface area contributed by atoms with Gasteiger partial charge in [-0.1, -0.05) is 11.2 Å². The Morgan fingerprint density at radius 2 is 1.97 bits per heavy atom. The molecule has 2 aromatic rings. The van der Waals surface area contributed by atoms with Crippen molar-refractivity contribution in [2.75, 3.05) is 30.8 Å². The summed E-state index contributed by atoms with van der Waals surface area (Å²) in [7, 11) is -3.46. The summed E-state index contributed by atoms with van der Waals surface area (Å²) in [4.78, 5) is 7.45. The Labute approximate surface area is 191 Å². The van der Waals surface area contributed by atoms with E-state index in [0.717, 1.165) is 18.4 Å². The number of anilines is 1. The zero-order valence-corrected chi connectivity index (χ0v) is 18.5. The molecule has 1 unspecified atom stereocenters. The van der Waals surface area contributed by atoms with Gasteiger partial charge in [-0.3, -0.25) is 0 Å². The van der Waals surface area contributed by atoms with Crippen molar-refractivity contribution in [3.63, 3.8) is 0 Å². The maximum absolute atomic E-state index is 13.3. The Balaban J connectivity index is 1.88. The molecule has 1 fully saturated rings. The van der Waals surface area contributed by atoms with Gasteiger partial charge < -0.3 is 9.42 Å². The first-order valence-corrected chi connectivity index (χ1v) is 11.7. The molecule has 1 aromatic carbocycles. The first-order chi connectivity index (χ1) is 15.7. The smallest absolute Gasteiger partial charge is 0.355 e. The number of nitrogens with zero attached hydrogens (tertiary/aromatic N) is 5. The number of hydrogen-bond donors (Lipinski definition) is 0. The SMILES string of the molecule is [C-]#[N+]c1ccc(N(Cc2noc(C3CCCN(S(C)(=O)=O)C3)n2)CC(F)(F)F)cc1C(F)(F)F. The second kappa shape index (κ2) is 9.41. The van der Waals surface area contributed by atoms with E-state index < -0.39 is 58.3 Å². The fraction of sp³-hybridized carbons (Fsp3) is 0.526. The molecule has 1 aromatic heterocycles. The van der Waals surface area contributed by atoms with Crippen LogP contribution in [0.15, 0.2) is 22.7 Å². The summed E-state index contributed by atoms with van der Waals surface area (Å²) < 4.78 is 109. The van der Waals surface area contributed by atoms with Crippen molar-refractivity contribution in [3.05, 3.63) is 46.9 Å². The van der Waals surface area contributed by atoms with Crippen molar-refractivity contribution >= 4 is 21.4 Å². The Hall–Kier alpha value is -2.86. The summed E-state index contributed by atoms with van der Waals surface area (Å²) in [6, 6.07) is 2.27. The molecule has 0 N–H and O–H groups in total. The van der Waals surface area contributed by atoms with Crippen LogP contribution in [0, 0.1) is 6.57 Å². The molecule has 1 aliphatic heterocycles. The summed E-state index contributed by atoms with van der Waals surface area (Å²) in [5.41, 5.74) is -2.52. The molecule has 8 nitrogen and oxygen atoms in total. The number of sulfonamides is 1. The van der Waals surface area contributed by atoms with Crippen LogP contribution in [0.1, 0.15) is 36.0 Å². The monoisotopic (exact) mass is 511 g/mol. The molecule has 186 valence electrons. The molecule has 0 bridgehead atoms. The highest BCUT2D eigenvalue weighted by atomic mass is 32.2. The number of piperidine rings is 1. The summed E-state index contributed by atoms with van der Waals surface area (Å²) in [5.74, 6) is -0.635. The van der Waals surface area contributed by atoms with E-state index in [1.54, 1.807) is 0 Å². The zero-order chi connectivity index (χ0) is 25.3. The van der Waals surface area contributed by atoms with Crippen LogP contribution in [0.3, 0.4) is 0 Å². The van der Waals surface area contributed by atoms with Crippen LogP contribution in [0.4, 0.5) is 37.7 Å². The van der Waals surface area contributed by atoms with Crippen LogP contribution in [-0.2, 0) is 22.7 Å². The van der Waals surface area contributed by atoms with E-state index in [9.17, 15) is 34.8 Å². The fourth-order valence-electron chi connectivity index (χ4n) is 3.61. The normalized spacial score (nSPS) is 18.0. The number of alkyl halides is 6. The molecule has 1 saturated heterocycles. The van der Waals surface area contributed by atoms with Gasteiger partial charge in [0.1, 0.15) is 6.54 Å². The molecule has 0 radical (unpaired) electrons. The highest BCUT2D eigenvalue weighted by Crippen LogP contribution is 2.39. The lowest BCUT2D eigenvalue weighted by Crippen LogP contribution is -2.38. The third-order valence-electron chi connectivity index (χ3n) is 5.16. The summed E-state index contributed by atoms with van der Waals surface area (Å²) in [5, 5.41) is 3.65. The standard InChI is InChI=1S/C19H19F6N5O3S/c1-26-15-6-5-13(8-14(15)19(23,24)25)29(11-18(20,21)22)10-16-27-17(33-28-16)12-4-3-7-30(9-12)34(2,31)32/h5-6,8,12H,3-4,7,9-11H2,2H3. The molecule has 34 heavy (non-hydrogen) atoms. The van der Waals surface area contributed by atoms with Crippen LogP contribution < -0.4 is 4.90 Å². The second-order valence-electron chi connectivity index (χ2n) is 7.79. The highest BCUT2D eigenvalue weighted by molar-refractivity contribution is 7.88.